The second-order valence-electron chi connectivity index (χ2n) is 7.82. The van der Waals surface area contributed by atoms with Gasteiger partial charge in [-0.15, -0.1) is 0 Å². The summed E-state index contributed by atoms with van der Waals surface area (Å²) in [6.45, 7) is 8.19. The van der Waals surface area contributed by atoms with E-state index in [1.54, 1.807) is 12.1 Å². The highest BCUT2D eigenvalue weighted by molar-refractivity contribution is 5.85. The van der Waals surface area contributed by atoms with Gasteiger partial charge in [-0.2, -0.15) is 0 Å². The zero-order valence-electron chi connectivity index (χ0n) is 17.1. The van der Waals surface area contributed by atoms with E-state index >= 15 is 0 Å². The van der Waals surface area contributed by atoms with Crippen LogP contribution in [-0.4, -0.2) is 24.1 Å². The van der Waals surface area contributed by atoms with Gasteiger partial charge in [-0.05, 0) is 50.5 Å². The molecule has 1 atom stereocenters. The van der Waals surface area contributed by atoms with Crippen molar-refractivity contribution in [1.82, 2.24) is 5.32 Å². The Morgan fingerprint density at radius 1 is 1.00 bits per heavy atom. The van der Waals surface area contributed by atoms with Crippen LogP contribution in [-0.2, 0) is 16.0 Å². The molecule has 0 aliphatic heterocycles. The molecule has 2 aromatic carbocycles. The lowest BCUT2D eigenvalue weighted by Crippen LogP contribution is -2.29. The topological polar surface area (TPSA) is 67.4 Å². The third-order valence-corrected chi connectivity index (χ3v) is 4.27. The summed E-state index contributed by atoms with van der Waals surface area (Å²) in [5.41, 5.74) is 2.22. The van der Waals surface area contributed by atoms with Crippen LogP contribution in [0, 0.1) is 0 Å². The highest BCUT2D eigenvalue weighted by Gasteiger charge is 2.16. The number of nitrogens with one attached hydrogen (secondary N) is 2. The third kappa shape index (κ3) is 7.43. The first-order chi connectivity index (χ1) is 13.3. The van der Waals surface area contributed by atoms with Crippen molar-refractivity contribution in [2.45, 2.75) is 52.1 Å². The zero-order chi connectivity index (χ0) is 20.6. The van der Waals surface area contributed by atoms with E-state index in [0.29, 0.717) is 24.6 Å². The van der Waals surface area contributed by atoms with Crippen molar-refractivity contribution >= 4 is 17.7 Å². The Labute approximate surface area is 167 Å². The van der Waals surface area contributed by atoms with Crippen LogP contribution < -0.4 is 10.6 Å². The lowest BCUT2D eigenvalue weighted by Gasteiger charge is -2.19. The Bertz CT molecular complexity index is 765. The van der Waals surface area contributed by atoms with Gasteiger partial charge in [0.05, 0.1) is 6.42 Å². The smallest absolute Gasteiger partial charge is 0.412 e. The number of benzene rings is 2. The molecule has 0 bridgehead atoms. The maximum atomic E-state index is 12.3. The van der Waals surface area contributed by atoms with Crippen LogP contribution >= 0.6 is 0 Å². The summed E-state index contributed by atoms with van der Waals surface area (Å²) in [7, 11) is 0. The molecule has 0 heterocycles. The fourth-order valence-corrected chi connectivity index (χ4v) is 2.84. The van der Waals surface area contributed by atoms with Crippen LogP contribution in [0.5, 0.6) is 0 Å². The monoisotopic (exact) mass is 382 g/mol. The van der Waals surface area contributed by atoms with Crippen LogP contribution in [0.3, 0.4) is 0 Å². The molecule has 0 aliphatic rings. The summed E-state index contributed by atoms with van der Waals surface area (Å²) >= 11 is 0. The van der Waals surface area contributed by atoms with Gasteiger partial charge < -0.3 is 10.1 Å². The predicted molar refractivity (Wildman–Crippen MR) is 112 cm³/mol. The number of hydrogen-bond donors (Lipinski definition) is 2. The van der Waals surface area contributed by atoms with Crippen LogP contribution in [0.4, 0.5) is 10.5 Å². The molecule has 0 saturated carbocycles. The summed E-state index contributed by atoms with van der Waals surface area (Å²) in [6.07, 6.45) is 0.775. The third-order valence-electron chi connectivity index (χ3n) is 4.27. The molecule has 1 unspecified atom stereocenters. The minimum Gasteiger partial charge on any atom is -0.444 e. The highest BCUT2D eigenvalue weighted by atomic mass is 16.6. The zero-order valence-corrected chi connectivity index (χ0v) is 17.1. The number of anilines is 1. The molecule has 5 heteroatoms. The van der Waals surface area contributed by atoms with Gasteiger partial charge in [0.1, 0.15) is 5.60 Å². The number of carbonyl (C=O) groups excluding carboxylic acids is 2. The molecule has 0 saturated heterocycles. The standard InChI is InChI=1S/C23H30N2O3/c1-5-18(19-9-7-6-8-10-19)16-24-21(26)15-17-11-13-20(14-12-17)25-22(27)28-23(2,3)4/h6-14,18H,5,15-16H2,1-4H3,(H,24,26)(H,25,27). The molecule has 2 N–H and O–H groups in total. The predicted octanol–water partition coefficient (Wildman–Crippen LogP) is 4.89. The van der Waals surface area contributed by atoms with E-state index < -0.39 is 11.7 Å². The van der Waals surface area contributed by atoms with Gasteiger partial charge in [0, 0.05) is 18.2 Å². The number of amides is 2. The van der Waals surface area contributed by atoms with Gasteiger partial charge in [0.2, 0.25) is 5.91 Å². The van der Waals surface area contributed by atoms with Crippen molar-refractivity contribution in [3.05, 3.63) is 65.7 Å². The molecular formula is C23H30N2O3. The molecule has 2 aromatic rings. The molecule has 0 aliphatic carbocycles. The van der Waals surface area contributed by atoms with Gasteiger partial charge in [-0.25, -0.2) is 4.79 Å². The number of hydrogen-bond acceptors (Lipinski definition) is 3. The van der Waals surface area contributed by atoms with Crippen molar-refractivity contribution in [3.8, 4) is 0 Å². The average Bonchev–Trinajstić information content (AvgIpc) is 2.63. The van der Waals surface area contributed by atoms with Crippen LogP contribution in [0.1, 0.15) is 51.2 Å². The van der Waals surface area contributed by atoms with Crippen molar-refractivity contribution < 1.29 is 14.3 Å². The number of rotatable bonds is 7. The Balaban J connectivity index is 1.83. The van der Waals surface area contributed by atoms with E-state index in [2.05, 4.69) is 29.7 Å². The quantitative estimate of drug-likeness (QED) is 0.717. The summed E-state index contributed by atoms with van der Waals surface area (Å²) < 4.78 is 5.22. The van der Waals surface area contributed by atoms with Crippen molar-refractivity contribution in [1.29, 1.82) is 0 Å². The molecular weight excluding hydrogens is 352 g/mol. The molecule has 150 valence electrons. The first-order valence-corrected chi connectivity index (χ1v) is 9.67. The average molecular weight is 383 g/mol. The molecule has 28 heavy (non-hydrogen) atoms. The normalized spacial score (nSPS) is 12.1. The summed E-state index contributed by atoms with van der Waals surface area (Å²) in [5, 5.41) is 5.71. The van der Waals surface area contributed by atoms with Gasteiger partial charge in [-0.1, -0.05) is 49.4 Å². The Morgan fingerprint density at radius 3 is 2.21 bits per heavy atom. The summed E-state index contributed by atoms with van der Waals surface area (Å²) in [5.74, 6) is 0.299. The number of ether oxygens (including phenoxy) is 1. The molecule has 0 fully saturated rings. The molecule has 0 radical (unpaired) electrons. The molecule has 0 spiro atoms. The maximum absolute atomic E-state index is 12.3. The Kier molecular flexibility index (Phi) is 7.61. The van der Waals surface area contributed by atoms with Crippen LogP contribution in [0.15, 0.2) is 54.6 Å². The van der Waals surface area contributed by atoms with E-state index in [0.717, 1.165) is 12.0 Å². The van der Waals surface area contributed by atoms with E-state index in [4.69, 9.17) is 4.74 Å². The second-order valence-corrected chi connectivity index (χ2v) is 7.82. The summed E-state index contributed by atoms with van der Waals surface area (Å²) in [6, 6.07) is 17.4. The van der Waals surface area contributed by atoms with Gasteiger partial charge in [0.15, 0.2) is 0 Å². The molecule has 5 nitrogen and oxygen atoms in total. The largest absolute Gasteiger partial charge is 0.444 e. The lowest BCUT2D eigenvalue weighted by atomic mass is 9.96. The van der Waals surface area contributed by atoms with Gasteiger partial charge in [-0.3, -0.25) is 10.1 Å². The highest BCUT2D eigenvalue weighted by Crippen LogP contribution is 2.18. The lowest BCUT2D eigenvalue weighted by molar-refractivity contribution is -0.120. The SMILES string of the molecule is CCC(CNC(=O)Cc1ccc(NC(=O)OC(C)(C)C)cc1)c1ccccc1. The Hall–Kier alpha value is -2.82. The summed E-state index contributed by atoms with van der Waals surface area (Å²) in [4.78, 5) is 24.1. The van der Waals surface area contributed by atoms with Crippen molar-refractivity contribution in [3.63, 3.8) is 0 Å². The van der Waals surface area contributed by atoms with E-state index in [1.165, 1.54) is 5.56 Å². The second kappa shape index (κ2) is 9.93. The first-order valence-electron chi connectivity index (χ1n) is 9.67. The minimum absolute atomic E-state index is 0.0118. The van der Waals surface area contributed by atoms with Crippen molar-refractivity contribution in [2.24, 2.45) is 0 Å². The number of carbonyl (C=O) groups is 2. The molecule has 2 rings (SSSR count). The Morgan fingerprint density at radius 2 is 1.64 bits per heavy atom. The van der Waals surface area contributed by atoms with E-state index in [1.807, 2.05) is 51.1 Å². The van der Waals surface area contributed by atoms with Crippen LogP contribution in [0.25, 0.3) is 0 Å². The molecule has 2 amide bonds. The van der Waals surface area contributed by atoms with Gasteiger partial charge in [0.25, 0.3) is 0 Å². The fourth-order valence-electron chi connectivity index (χ4n) is 2.84. The van der Waals surface area contributed by atoms with E-state index in [-0.39, 0.29) is 5.91 Å². The van der Waals surface area contributed by atoms with E-state index in [9.17, 15) is 9.59 Å². The van der Waals surface area contributed by atoms with Crippen LogP contribution in [0.2, 0.25) is 0 Å². The maximum Gasteiger partial charge on any atom is 0.412 e. The van der Waals surface area contributed by atoms with Gasteiger partial charge >= 0.3 is 6.09 Å². The molecule has 0 aromatic heterocycles. The minimum atomic E-state index is -0.543. The first kappa shape index (κ1) is 21.5. The fraction of sp³-hybridized carbons (Fsp3) is 0.391. The van der Waals surface area contributed by atoms with Crippen molar-refractivity contribution in [2.75, 3.05) is 11.9 Å².